The van der Waals surface area contributed by atoms with Gasteiger partial charge in [-0.25, -0.2) is 4.98 Å². The van der Waals surface area contributed by atoms with Crippen LogP contribution >= 0.6 is 11.6 Å². The molecule has 0 aliphatic heterocycles. The summed E-state index contributed by atoms with van der Waals surface area (Å²) in [6.07, 6.45) is 0.248. The van der Waals surface area contributed by atoms with Crippen molar-refractivity contribution < 1.29 is 13.2 Å². The molecule has 0 radical (unpaired) electrons. The van der Waals surface area contributed by atoms with E-state index in [-0.39, 0.29) is 11.0 Å². The number of halogens is 4. The first-order valence-electron chi connectivity index (χ1n) is 5.94. The van der Waals surface area contributed by atoms with Gasteiger partial charge in [0, 0.05) is 6.54 Å². The molecular weight excluding hydrogens is 265 g/mol. The monoisotopic (exact) mass is 278 g/mol. The molecule has 18 heavy (non-hydrogen) atoms. The van der Waals surface area contributed by atoms with Crippen molar-refractivity contribution in [3.63, 3.8) is 0 Å². The molecule has 0 bridgehead atoms. The minimum Gasteiger partial charge on any atom is -0.370 e. The van der Waals surface area contributed by atoms with Gasteiger partial charge in [-0.3, -0.25) is 0 Å². The number of pyridine rings is 1. The van der Waals surface area contributed by atoms with Crippen LogP contribution in [0.15, 0.2) is 12.1 Å². The average molecular weight is 279 g/mol. The summed E-state index contributed by atoms with van der Waals surface area (Å²) in [5, 5.41) is 2.74. The molecular formula is C12H14ClF3N2. The Balaban J connectivity index is 1.92. The quantitative estimate of drug-likeness (QED) is 0.639. The zero-order valence-corrected chi connectivity index (χ0v) is 10.5. The Hall–Kier alpha value is -0.970. The van der Waals surface area contributed by atoms with Crippen molar-refractivity contribution >= 4 is 17.4 Å². The predicted molar refractivity (Wildman–Crippen MR) is 64.7 cm³/mol. The van der Waals surface area contributed by atoms with Gasteiger partial charge in [0.25, 0.3) is 0 Å². The van der Waals surface area contributed by atoms with E-state index in [4.69, 9.17) is 11.6 Å². The van der Waals surface area contributed by atoms with Crippen molar-refractivity contribution in [3.05, 3.63) is 22.8 Å². The van der Waals surface area contributed by atoms with Crippen molar-refractivity contribution in [1.29, 1.82) is 0 Å². The van der Waals surface area contributed by atoms with Gasteiger partial charge in [0.1, 0.15) is 11.0 Å². The van der Waals surface area contributed by atoms with Crippen molar-refractivity contribution in [2.45, 2.75) is 31.9 Å². The lowest BCUT2D eigenvalue weighted by atomic mass is 10.2. The van der Waals surface area contributed by atoms with Crippen LogP contribution in [0, 0.1) is 5.92 Å². The van der Waals surface area contributed by atoms with E-state index in [2.05, 4.69) is 10.3 Å². The highest BCUT2D eigenvalue weighted by Gasteiger charge is 2.31. The molecule has 1 fully saturated rings. The van der Waals surface area contributed by atoms with E-state index in [0.717, 1.165) is 30.9 Å². The zero-order valence-electron chi connectivity index (χ0n) is 9.73. The molecule has 2 rings (SSSR count). The normalized spacial score (nSPS) is 15.8. The number of aromatic nitrogens is 1. The molecule has 6 heteroatoms. The molecule has 1 aromatic heterocycles. The number of alkyl halides is 3. The Labute approximate surface area is 109 Å². The van der Waals surface area contributed by atoms with Gasteiger partial charge in [0.05, 0.1) is 5.56 Å². The molecule has 1 heterocycles. The summed E-state index contributed by atoms with van der Waals surface area (Å²) in [6.45, 7) is 0.626. The number of hydrogen-bond acceptors (Lipinski definition) is 2. The van der Waals surface area contributed by atoms with Crippen molar-refractivity contribution in [2.75, 3.05) is 11.9 Å². The smallest absolute Gasteiger partial charge is 0.370 e. The highest BCUT2D eigenvalue weighted by molar-refractivity contribution is 6.29. The minimum atomic E-state index is -4.39. The number of hydrogen-bond donors (Lipinski definition) is 1. The molecule has 0 saturated heterocycles. The van der Waals surface area contributed by atoms with Crippen LogP contribution in [-0.4, -0.2) is 11.5 Å². The maximum atomic E-state index is 12.5. The molecule has 1 aliphatic carbocycles. The second kappa shape index (κ2) is 5.34. The first-order chi connectivity index (χ1) is 8.45. The van der Waals surface area contributed by atoms with E-state index in [1.165, 1.54) is 12.8 Å². The topological polar surface area (TPSA) is 24.9 Å². The third kappa shape index (κ3) is 4.05. The first-order valence-corrected chi connectivity index (χ1v) is 6.31. The summed E-state index contributed by atoms with van der Waals surface area (Å²) in [5.74, 6) is 1.01. The van der Waals surface area contributed by atoms with E-state index in [1.807, 2.05) is 0 Å². The van der Waals surface area contributed by atoms with Crippen LogP contribution in [0.2, 0.25) is 5.15 Å². The summed E-state index contributed by atoms with van der Waals surface area (Å²) in [7, 11) is 0. The summed E-state index contributed by atoms with van der Waals surface area (Å²) in [6, 6.07) is 1.82. The molecule has 1 N–H and O–H groups in total. The van der Waals surface area contributed by atoms with Gasteiger partial charge >= 0.3 is 6.18 Å². The van der Waals surface area contributed by atoms with Crippen LogP contribution in [0.5, 0.6) is 0 Å². The highest BCUT2D eigenvalue weighted by Crippen LogP contribution is 2.34. The van der Waals surface area contributed by atoms with Crippen LogP contribution in [0.3, 0.4) is 0 Å². The van der Waals surface area contributed by atoms with Gasteiger partial charge in [-0.15, -0.1) is 0 Å². The average Bonchev–Trinajstić information content (AvgIpc) is 3.06. The maximum Gasteiger partial charge on any atom is 0.416 e. The first kappa shape index (κ1) is 13.5. The van der Waals surface area contributed by atoms with Gasteiger partial charge in [-0.1, -0.05) is 24.4 Å². The molecule has 100 valence electrons. The van der Waals surface area contributed by atoms with Crippen LogP contribution < -0.4 is 5.32 Å². The Morgan fingerprint density at radius 3 is 2.67 bits per heavy atom. The molecule has 2 nitrogen and oxygen atoms in total. The van der Waals surface area contributed by atoms with Crippen LogP contribution in [0.25, 0.3) is 0 Å². The van der Waals surface area contributed by atoms with E-state index < -0.39 is 11.7 Å². The molecule has 1 aliphatic rings. The summed E-state index contributed by atoms with van der Waals surface area (Å²) in [5.41, 5.74) is -0.771. The third-order valence-corrected chi connectivity index (χ3v) is 3.11. The molecule has 1 saturated carbocycles. The number of anilines is 1. The van der Waals surface area contributed by atoms with E-state index in [0.29, 0.717) is 6.54 Å². The SMILES string of the molecule is FC(F)(F)c1cc(Cl)nc(NCCCC2CC2)c1. The van der Waals surface area contributed by atoms with Gasteiger partial charge in [-0.05, 0) is 30.9 Å². The van der Waals surface area contributed by atoms with Gasteiger partial charge in [0.2, 0.25) is 0 Å². The summed E-state index contributed by atoms with van der Waals surface area (Å²) < 4.78 is 37.6. The van der Waals surface area contributed by atoms with E-state index >= 15 is 0 Å². The van der Waals surface area contributed by atoms with Crippen molar-refractivity contribution in [2.24, 2.45) is 5.92 Å². The number of rotatable bonds is 5. The van der Waals surface area contributed by atoms with Crippen molar-refractivity contribution in [3.8, 4) is 0 Å². The lowest BCUT2D eigenvalue weighted by Gasteiger charge is -2.10. The predicted octanol–water partition coefficient (Wildman–Crippen LogP) is 4.36. The second-order valence-electron chi connectivity index (χ2n) is 4.57. The maximum absolute atomic E-state index is 12.5. The number of nitrogens with zero attached hydrogens (tertiary/aromatic N) is 1. The molecule has 0 spiro atoms. The fourth-order valence-electron chi connectivity index (χ4n) is 1.76. The Morgan fingerprint density at radius 2 is 2.06 bits per heavy atom. The lowest BCUT2D eigenvalue weighted by molar-refractivity contribution is -0.137. The molecule has 1 aromatic rings. The summed E-state index contributed by atoms with van der Waals surface area (Å²) in [4.78, 5) is 3.83. The summed E-state index contributed by atoms with van der Waals surface area (Å²) >= 11 is 5.58. The Kier molecular flexibility index (Phi) is 4.00. The fraction of sp³-hybridized carbons (Fsp3) is 0.583. The largest absolute Gasteiger partial charge is 0.416 e. The molecule has 0 aromatic carbocycles. The molecule has 0 unspecified atom stereocenters. The minimum absolute atomic E-state index is 0.144. The second-order valence-corrected chi connectivity index (χ2v) is 4.96. The van der Waals surface area contributed by atoms with E-state index in [9.17, 15) is 13.2 Å². The van der Waals surface area contributed by atoms with E-state index in [1.54, 1.807) is 0 Å². The third-order valence-electron chi connectivity index (χ3n) is 2.91. The fourth-order valence-corrected chi connectivity index (χ4v) is 1.97. The van der Waals surface area contributed by atoms with Gasteiger partial charge in [0.15, 0.2) is 0 Å². The van der Waals surface area contributed by atoms with Crippen LogP contribution in [0.1, 0.15) is 31.2 Å². The zero-order chi connectivity index (χ0) is 13.2. The van der Waals surface area contributed by atoms with Gasteiger partial charge < -0.3 is 5.32 Å². The molecule has 0 atom stereocenters. The lowest BCUT2D eigenvalue weighted by Crippen LogP contribution is -2.09. The van der Waals surface area contributed by atoms with Gasteiger partial charge in [-0.2, -0.15) is 13.2 Å². The standard InChI is InChI=1S/C12H14ClF3N2/c13-10-6-9(12(14,15)16)7-11(18-10)17-5-1-2-8-3-4-8/h6-8H,1-5H2,(H,17,18). The Bertz CT molecular complexity index is 416. The van der Waals surface area contributed by atoms with Crippen molar-refractivity contribution in [1.82, 2.24) is 4.98 Å². The molecule has 0 amide bonds. The van der Waals surface area contributed by atoms with Crippen LogP contribution in [-0.2, 0) is 6.18 Å². The van der Waals surface area contributed by atoms with Crippen LogP contribution in [0.4, 0.5) is 19.0 Å². The number of nitrogens with one attached hydrogen (secondary N) is 1. The highest BCUT2D eigenvalue weighted by atomic mass is 35.5. The Morgan fingerprint density at radius 1 is 1.33 bits per heavy atom.